The van der Waals surface area contributed by atoms with E-state index in [4.69, 9.17) is 9.52 Å². The second-order valence-corrected chi connectivity index (χ2v) is 5.45. The average molecular weight is 289 g/mol. The van der Waals surface area contributed by atoms with Crippen LogP contribution >= 0.6 is 0 Å². The molecule has 0 bridgehead atoms. The van der Waals surface area contributed by atoms with E-state index in [0.29, 0.717) is 17.1 Å². The molecule has 0 spiro atoms. The number of benzene rings is 1. The van der Waals surface area contributed by atoms with Crippen LogP contribution < -0.4 is 4.90 Å². The lowest BCUT2D eigenvalue weighted by molar-refractivity contribution is 0.0697. The van der Waals surface area contributed by atoms with Crippen molar-refractivity contribution in [3.8, 4) is 0 Å². The Morgan fingerprint density at radius 2 is 2.19 bits per heavy atom. The minimum Gasteiger partial charge on any atom is -0.478 e. The predicted molar refractivity (Wildman–Crippen MR) is 79.9 cm³/mol. The number of carboxylic acids is 1. The Hall–Kier alpha value is -2.08. The number of carboxylic acid groups (broad SMARTS) is 1. The van der Waals surface area contributed by atoms with Gasteiger partial charge in [0.15, 0.2) is 5.58 Å². The van der Waals surface area contributed by atoms with Crippen molar-refractivity contribution in [2.45, 2.75) is 12.8 Å². The number of rotatable bonds is 5. The smallest absolute Gasteiger partial charge is 0.335 e. The van der Waals surface area contributed by atoms with Gasteiger partial charge in [-0.25, -0.2) is 4.79 Å². The SMILES string of the molecule is CN(CCN1CCCC1)c1nc2ccc(C(=O)O)cc2o1. The molecule has 1 N–H and O–H groups in total. The number of likely N-dealkylation sites (tertiary alicyclic amines) is 1. The Labute approximate surface area is 123 Å². The second kappa shape index (κ2) is 5.73. The number of anilines is 1. The number of hydrogen-bond donors (Lipinski definition) is 1. The predicted octanol–water partition coefficient (Wildman–Crippen LogP) is 2.06. The van der Waals surface area contributed by atoms with Crippen LogP contribution in [0, 0.1) is 0 Å². The van der Waals surface area contributed by atoms with Crippen LogP contribution in [-0.2, 0) is 0 Å². The van der Waals surface area contributed by atoms with Gasteiger partial charge in [-0.3, -0.25) is 0 Å². The van der Waals surface area contributed by atoms with Crippen molar-refractivity contribution >= 4 is 23.1 Å². The highest BCUT2D eigenvalue weighted by atomic mass is 16.4. The molecule has 6 nitrogen and oxygen atoms in total. The number of likely N-dealkylation sites (N-methyl/N-ethyl adjacent to an activating group) is 1. The fraction of sp³-hybridized carbons (Fsp3) is 0.467. The molecule has 1 aromatic heterocycles. The fourth-order valence-electron chi connectivity index (χ4n) is 2.60. The molecule has 112 valence electrons. The summed E-state index contributed by atoms with van der Waals surface area (Å²) in [6.07, 6.45) is 2.56. The van der Waals surface area contributed by atoms with E-state index in [1.165, 1.54) is 32.0 Å². The summed E-state index contributed by atoms with van der Waals surface area (Å²) in [5.74, 6) is -0.961. The van der Waals surface area contributed by atoms with Crippen molar-refractivity contribution in [1.82, 2.24) is 9.88 Å². The van der Waals surface area contributed by atoms with Gasteiger partial charge in [-0.15, -0.1) is 0 Å². The zero-order valence-corrected chi connectivity index (χ0v) is 12.1. The molecular formula is C15H19N3O3. The molecule has 0 radical (unpaired) electrons. The van der Waals surface area contributed by atoms with Crippen LogP contribution in [0.15, 0.2) is 22.6 Å². The number of fused-ring (bicyclic) bond motifs is 1. The molecular weight excluding hydrogens is 270 g/mol. The van der Waals surface area contributed by atoms with Gasteiger partial charge in [0.25, 0.3) is 6.01 Å². The van der Waals surface area contributed by atoms with Crippen molar-refractivity contribution in [1.29, 1.82) is 0 Å². The monoisotopic (exact) mass is 289 g/mol. The van der Waals surface area contributed by atoms with Crippen molar-refractivity contribution in [3.05, 3.63) is 23.8 Å². The highest BCUT2D eigenvalue weighted by Crippen LogP contribution is 2.22. The highest BCUT2D eigenvalue weighted by molar-refractivity contribution is 5.92. The van der Waals surface area contributed by atoms with Gasteiger partial charge in [-0.05, 0) is 44.1 Å². The maximum atomic E-state index is 11.0. The standard InChI is InChI=1S/C15H19N3O3/c1-17(8-9-18-6-2-3-7-18)15-16-12-5-4-11(14(19)20)10-13(12)21-15/h4-5,10H,2-3,6-9H2,1H3,(H,19,20). The molecule has 2 heterocycles. The maximum absolute atomic E-state index is 11.0. The van der Waals surface area contributed by atoms with Crippen LogP contribution in [0.5, 0.6) is 0 Å². The van der Waals surface area contributed by atoms with Crippen molar-refractivity contribution < 1.29 is 14.3 Å². The summed E-state index contributed by atoms with van der Waals surface area (Å²) < 4.78 is 5.67. The minimum atomic E-state index is -0.961. The minimum absolute atomic E-state index is 0.213. The summed E-state index contributed by atoms with van der Waals surface area (Å²) in [7, 11) is 1.94. The normalized spacial score (nSPS) is 15.7. The fourth-order valence-corrected chi connectivity index (χ4v) is 2.60. The van der Waals surface area contributed by atoms with E-state index in [1.54, 1.807) is 12.1 Å². The molecule has 1 aromatic carbocycles. The average Bonchev–Trinajstić information content (AvgIpc) is 3.12. The van der Waals surface area contributed by atoms with Crippen molar-refractivity contribution in [3.63, 3.8) is 0 Å². The molecule has 2 aromatic rings. The van der Waals surface area contributed by atoms with E-state index < -0.39 is 5.97 Å². The van der Waals surface area contributed by atoms with Gasteiger partial charge in [-0.1, -0.05) is 0 Å². The van der Waals surface area contributed by atoms with Gasteiger partial charge in [0.05, 0.1) is 5.56 Å². The molecule has 6 heteroatoms. The van der Waals surface area contributed by atoms with Gasteiger partial charge in [0, 0.05) is 20.1 Å². The van der Waals surface area contributed by atoms with Gasteiger partial charge in [-0.2, -0.15) is 4.98 Å². The molecule has 1 aliphatic rings. The zero-order valence-electron chi connectivity index (χ0n) is 12.1. The number of hydrogen-bond acceptors (Lipinski definition) is 5. The number of nitrogens with zero attached hydrogens (tertiary/aromatic N) is 3. The number of aromatic nitrogens is 1. The van der Waals surface area contributed by atoms with Crippen LogP contribution in [0.4, 0.5) is 6.01 Å². The summed E-state index contributed by atoms with van der Waals surface area (Å²) in [6, 6.07) is 5.27. The van der Waals surface area contributed by atoms with E-state index >= 15 is 0 Å². The molecule has 0 aliphatic carbocycles. The van der Waals surface area contributed by atoms with Gasteiger partial charge in [0.1, 0.15) is 5.52 Å². The first-order valence-electron chi connectivity index (χ1n) is 7.21. The quantitative estimate of drug-likeness (QED) is 0.908. The lowest BCUT2D eigenvalue weighted by Gasteiger charge is -2.19. The Bertz CT molecular complexity index is 647. The molecule has 0 atom stereocenters. The summed E-state index contributed by atoms with van der Waals surface area (Å²) >= 11 is 0. The molecule has 1 saturated heterocycles. The van der Waals surface area contributed by atoms with Crippen LogP contribution in [-0.4, -0.2) is 54.2 Å². The Morgan fingerprint density at radius 1 is 1.43 bits per heavy atom. The van der Waals surface area contributed by atoms with Crippen LogP contribution in [0.25, 0.3) is 11.1 Å². The van der Waals surface area contributed by atoms with Crippen LogP contribution in [0.3, 0.4) is 0 Å². The van der Waals surface area contributed by atoms with E-state index in [-0.39, 0.29) is 5.56 Å². The lowest BCUT2D eigenvalue weighted by Crippen LogP contribution is -2.31. The third-order valence-electron chi connectivity index (χ3n) is 3.90. The third kappa shape index (κ3) is 3.00. The first-order chi connectivity index (χ1) is 10.1. The topological polar surface area (TPSA) is 69.8 Å². The van der Waals surface area contributed by atoms with Crippen molar-refractivity contribution in [2.75, 3.05) is 38.1 Å². The van der Waals surface area contributed by atoms with Crippen molar-refractivity contribution in [2.24, 2.45) is 0 Å². The molecule has 1 fully saturated rings. The maximum Gasteiger partial charge on any atom is 0.335 e. The number of oxazole rings is 1. The molecule has 0 saturated carbocycles. The summed E-state index contributed by atoms with van der Waals surface area (Å²) in [6.45, 7) is 4.18. The van der Waals surface area contributed by atoms with Gasteiger partial charge in [0.2, 0.25) is 0 Å². The van der Waals surface area contributed by atoms with E-state index in [2.05, 4.69) is 9.88 Å². The lowest BCUT2D eigenvalue weighted by atomic mass is 10.2. The van der Waals surface area contributed by atoms with Crippen LogP contribution in [0.2, 0.25) is 0 Å². The zero-order chi connectivity index (χ0) is 14.8. The summed E-state index contributed by atoms with van der Waals surface area (Å²) in [5.41, 5.74) is 1.41. The molecule has 0 unspecified atom stereocenters. The Kier molecular flexibility index (Phi) is 3.79. The molecule has 3 rings (SSSR count). The molecule has 0 amide bonds. The van der Waals surface area contributed by atoms with E-state index in [1.807, 2.05) is 11.9 Å². The van der Waals surface area contributed by atoms with Gasteiger partial charge >= 0.3 is 5.97 Å². The Morgan fingerprint density at radius 3 is 2.90 bits per heavy atom. The second-order valence-electron chi connectivity index (χ2n) is 5.45. The Balaban J connectivity index is 1.72. The van der Waals surface area contributed by atoms with E-state index in [0.717, 1.165) is 13.1 Å². The highest BCUT2D eigenvalue weighted by Gasteiger charge is 2.15. The van der Waals surface area contributed by atoms with E-state index in [9.17, 15) is 4.79 Å². The summed E-state index contributed by atoms with van der Waals surface area (Å²) in [5, 5.41) is 8.99. The third-order valence-corrected chi connectivity index (χ3v) is 3.90. The molecule has 1 aliphatic heterocycles. The molecule has 21 heavy (non-hydrogen) atoms. The first kappa shape index (κ1) is 13.9. The number of aromatic carboxylic acids is 1. The largest absolute Gasteiger partial charge is 0.478 e. The summed E-state index contributed by atoms with van der Waals surface area (Å²) in [4.78, 5) is 19.8. The van der Waals surface area contributed by atoms with Crippen LogP contribution in [0.1, 0.15) is 23.2 Å². The first-order valence-corrected chi connectivity index (χ1v) is 7.21. The number of carbonyl (C=O) groups is 1. The van der Waals surface area contributed by atoms with Gasteiger partial charge < -0.3 is 19.3 Å².